The molecule has 1 fully saturated rings. The van der Waals surface area contributed by atoms with E-state index in [1.807, 2.05) is 0 Å². The van der Waals surface area contributed by atoms with Gasteiger partial charge in [-0.2, -0.15) is 0 Å². The lowest BCUT2D eigenvalue weighted by Crippen LogP contribution is -2.05. The highest BCUT2D eigenvalue weighted by atomic mass is 35.5. The van der Waals surface area contributed by atoms with Crippen LogP contribution >= 0.6 is 11.6 Å². The van der Waals surface area contributed by atoms with Gasteiger partial charge in [0.1, 0.15) is 5.82 Å². The summed E-state index contributed by atoms with van der Waals surface area (Å²) in [6, 6.07) is 5.17. The Morgan fingerprint density at radius 2 is 2.05 bits per heavy atom. The number of benzene rings is 1. The summed E-state index contributed by atoms with van der Waals surface area (Å²) in [5, 5.41) is 4.08. The third kappa shape index (κ3) is 2.64. The fraction of sp³-hybridized carbons (Fsp3) is 0.333. The zero-order chi connectivity index (χ0) is 13.6. The van der Waals surface area contributed by atoms with Gasteiger partial charge in [0.15, 0.2) is 9.84 Å². The van der Waals surface area contributed by atoms with Gasteiger partial charge in [-0.25, -0.2) is 18.4 Å². The number of fused-ring (bicyclic) bond motifs is 1. The van der Waals surface area contributed by atoms with Gasteiger partial charge in [-0.15, -0.1) is 0 Å². The minimum atomic E-state index is -3.25. The van der Waals surface area contributed by atoms with E-state index in [1.165, 1.54) is 12.3 Å². The molecule has 3 rings (SSSR count). The zero-order valence-electron chi connectivity index (χ0n) is 10.2. The van der Waals surface area contributed by atoms with Gasteiger partial charge in [-0.05, 0) is 42.6 Å². The van der Waals surface area contributed by atoms with E-state index in [1.54, 1.807) is 12.1 Å². The number of nitrogens with one attached hydrogen (secondary N) is 1. The molecule has 1 aromatic carbocycles. The van der Waals surface area contributed by atoms with E-state index in [-0.39, 0.29) is 10.2 Å². The largest absolute Gasteiger partial charge is 0.367 e. The molecule has 0 spiro atoms. The first-order valence-corrected chi connectivity index (χ1v) is 8.14. The average Bonchev–Trinajstić information content (AvgIpc) is 3.11. The van der Waals surface area contributed by atoms with Crippen LogP contribution in [0.5, 0.6) is 0 Å². The van der Waals surface area contributed by atoms with Crippen molar-refractivity contribution in [2.75, 3.05) is 11.6 Å². The molecule has 1 heterocycles. The summed E-state index contributed by atoms with van der Waals surface area (Å²) >= 11 is 5.88. The first-order valence-electron chi connectivity index (χ1n) is 5.87. The van der Waals surface area contributed by atoms with E-state index < -0.39 is 9.84 Å². The lowest BCUT2D eigenvalue weighted by molar-refractivity contribution is 0.602. The van der Waals surface area contributed by atoms with Crippen LogP contribution in [0, 0.1) is 0 Å². The zero-order valence-corrected chi connectivity index (χ0v) is 11.8. The Kier molecular flexibility index (Phi) is 2.87. The summed E-state index contributed by atoms with van der Waals surface area (Å²) in [5.41, 5.74) is 0.635. The van der Waals surface area contributed by atoms with Crippen molar-refractivity contribution >= 4 is 38.2 Å². The number of hydrogen-bond donors (Lipinski definition) is 1. The molecule has 100 valence electrons. The molecule has 0 aliphatic heterocycles. The monoisotopic (exact) mass is 297 g/mol. The molecule has 0 atom stereocenters. The lowest BCUT2D eigenvalue weighted by atomic mass is 10.2. The van der Waals surface area contributed by atoms with Gasteiger partial charge >= 0.3 is 0 Å². The lowest BCUT2D eigenvalue weighted by Gasteiger charge is -2.09. The van der Waals surface area contributed by atoms with Crippen LogP contribution in [0.4, 0.5) is 5.82 Å². The minimum Gasteiger partial charge on any atom is -0.367 e. The third-order valence-corrected chi connectivity index (χ3v) is 4.27. The van der Waals surface area contributed by atoms with Gasteiger partial charge in [0.25, 0.3) is 0 Å². The highest BCUT2D eigenvalue weighted by molar-refractivity contribution is 7.90. The number of anilines is 1. The summed E-state index contributed by atoms with van der Waals surface area (Å²) in [7, 11) is -3.25. The summed E-state index contributed by atoms with van der Waals surface area (Å²) in [5.74, 6) is 0.600. The van der Waals surface area contributed by atoms with Gasteiger partial charge in [0, 0.05) is 17.7 Å². The quantitative estimate of drug-likeness (QED) is 0.880. The Labute approximate surface area is 115 Å². The molecule has 19 heavy (non-hydrogen) atoms. The van der Waals surface area contributed by atoms with E-state index in [0.717, 1.165) is 12.8 Å². The van der Waals surface area contributed by atoms with Crippen molar-refractivity contribution < 1.29 is 8.42 Å². The number of halogens is 1. The number of hydrogen-bond acceptors (Lipinski definition) is 5. The maximum absolute atomic E-state index is 11.6. The normalized spacial score (nSPS) is 15.7. The molecule has 7 heteroatoms. The molecule has 1 aliphatic rings. The predicted molar refractivity (Wildman–Crippen MR) is 74.3 cm³/mol. The molecule has 5 nitrogen and oxygen atoms in total. The van der Waals surface area contributed by atoms with Gasteiger partial charge < -0.3 is 5.32 Å². The van der Waals surface area contributed by atoms with Crippen molar-refractivity contribution in [3.8, 4) is 0 Å². The highest BCUT2D eigenvalue weighted by Crippen LogP contribution is 2.30. The summed E-state index contributed by atoms with van der Waals surface area (Å²) in [6.45, 7) is 0. The molecule has 0 amide bonds. The van der Waals surface area contributed by atoms with Crippen molar-refractivity contribution in [2.24, 2.45) is 0 Å². The van der Waals surface area contributed by atoms with E-state index >= 15 is 0 Å². The Morgan fingerprint density at radius 1 is 1.32 bits per heavy atom. The van der Waals surface area contributed by atoms with Gasteiger partial charge in [0.05, 0.1) is 10.4 Å². The molecule has 1 aromatic heterocycles. The summed E-state index contributed by atoms with van der Waals surface area (Å²) < 4.78 is 23.2. The smallest absolute Gasteiger partial charge is 0.224 e. The van der Waals surface area contributed by atoms with Crippen LogP contribution in [0.1, 0.15) is 12.8 Å². The standard InChI is InChI=1S/C12H12ClN3O2S/c1-19(17,18)8-4-5-10-9(6-8)11(14-7-2-3-7)16-12(13)15-10/h4-7H,2-3H2,1H3,(H,14,15,16). The van der Waals surface area contributed by atoms with Gasteiger partial charge in [-0.1, -0.05) is 0 Å². The van der Waals surface area contributed by atoms with Crippen molar-refractivity contribution in [2.45, 2.75) is 23.8 Å². The van der Waals surface area contributed by atoms with E-state index in [2.05, 4.69) is 15.3 Å². The van der Waals surface area contributed by atoms with Crippen molar-refractivity contribution in [1.82, 2.24) is 9.97 Å². The summed E-state index contributed by atoms with van der Waals surface area (Å²) in [6.07, 6.45) is 3.36. The molecule has 0 saturated heterocycles. The van der Waals surface area contributed by atoms with E-state index in [9.17, 15) is 8.42 Å². The van der Waals surface area contributed by atoms with Crippen molar-refractivity contribution in [3.63, 3.8) is 0 Å². The van der Waals surface area contributed by atoms with Crippen LogP contribution in [0.3, 0.4) is 0 Å². The second-order valence-electron chi connectivity index (χ2n) is 4.71. The Balaban J connectivity index is 2.21. The second-order valence-corrected chi connectivity index (χ2v) is 7.06. The first kappa shape index (κ1) is 12.6. The predicted octanol–water partition coefficient (Wildman–Crippen LogP) is 2.26. The van der Waals surface area contributed by atoms with E-state index in [0.29, 0.717) is 22.8 Å². The Morgan fingerprint density at radius 3 is 2.68 bits per heavy atom. The number of nitrogens with zero attached hydrogens (tertiary/aromatic N) is 2. The molecule has 1 saturated carbocycles. The number of sulfone groups is 1. The van der Waals surface area contributed by atoms with Crippen LogP contribution in [0.15, 0.2) is 23.1 Å². The van der Waals surface area contributed by atoms with Crippen LogP contribution in [-0.2, 0) is 9.84 Å². The van der Waals surface area contributed by atoms with Crippen LogP contribution in [0.25, 0.3) is 10.9 Å². The number of aromatic nitrogens is 2. The Bertz CT molecular complexity index is 757. The van der Waals surface area contributed by atoms with Gasteiger partial charge in [0.2, 0.25) is 5.28 Å². The molecule has 0 unspecified atom stereocenters. The van der Waals surface area contributed by atoms with E-state index in [4.69, 9.17) is 11.6 Å². The topological polar surface area (TPSA) is 72.0 Å². The maximum Gasteiger partial charge on any atom is 0.224 e. The SMILES string of the molecule is CS(=O)(=O)c1ccc2nc(Cl)nc(NC3CC3)c2c1. The fourth-order valence-corrected chi connectivity index (χ4v) is 2.66. The molecular weight excluding hydrogens is 286 g/mol. The number of rotatable bonds is 3. The van der Waals surface area contributed by atoms with Crippen LogP contribution < -0.4 is 5.32 Å². The average molecular weight is 298 g/mol. The maximum atomic E-state index is 11.6. The molecule has 0 radical (unpaired) electrons. The second kappa shape index (κ2) is 4.31. The van der Waals surface area contributed by atoms with Crippen molar-refractivity contribution in [3.05, 3.63) is 23.5 Å². The third-order valence-electron chi connectivity index (χ3n) is 2.99. The van der Waals surface area contributed by atoms with Gasteiger partial charge in [-0.3, -0.25) is 0 Å². The fourth-order valence-electron chi connectivity index (χ4n) is 1.84. The van der Waals surface area contributed by atoms with Crippen LogP contribution in [-0.4, -0.2) is 30.7 Å². The highest BCUT2D eigenvalue weighted by Gasteiger charge is 2.23. The molecule has 0 bridgehead atoms. The summed E-state index contributed by atoms with van der Waals surface area (Å²) in [4.78, 5) is 8.51. The molecular formula is C12H12ClN3O2S. The van der Waals surface area contributed by atoms with Crippen LogP contribution in [0.2, 0.25) is 5.28 Å². The van der Waals surface area contributed by atoms with Crippen molar-refractivity contribution in [1.29, 1.82) is 0 Å². The first-order chi connectivity index (χ1) is 8.93. The minimum absolute atomic E-state index is 0.155. The molecule has 1 N–H and O–H groups in total. The molecule has 2 aromatic rings. The Hall–Kier alpha value is -1.40. The molecule has 1 aliphatic carbocycles.